The molecule has 1 aliphatic rings. The van der Waals surface area contributed by atoms with Crippen LogP contribution in [0.15, 0.2) is 24.3 Å². The molecule has 0 aliphatic heterocycles. The third-order valence-electron chi connectivity index (χ3n) is 3.69. The summed E-state index contributed by atoms with van der Waals surface area (Å²) in [5, 5.41) is 3.13. The fraction of sp³-hybridized carbons (Fsp3) is 0.533. The van der Waals surface area contributed by atoms with Crippen molar-refractivity contribution >= 4 is 17.7 Å². The smallest absolute Gasteiger partial charge is 0.230 e. The van der Waals surface area contributed by atoms with Crippen molar-refractivity contribution < 1.29 is 9.18 Å². The maximum atomic E-state index is 12.9. The number of hydrogen-bond donors (Lipinski definition) is 1. The second kappa shape index (κ2) is 6.94. The molecule has 1 amide bonds. The quantitative estimate of drug-likeness (QED) is 0.899. The lowest BCUT2D eigenvalue weighted by Crippen LogP contribution is -2.39. The van der Waals surface area contributed by atoms with Crippen LogP contribution in [0, 0.1) is 11.7 Å². The fourth-order valence-electron chi connectivity index (χ4n) is 2.77. The molecule has 0 spiro atoms. The minimum atomic E-state index is -0.194. The van der Waals surface area contributed by atoms with E-state index in [9.17, 15) is 9.18 Å². The lowest BCUT2D eigenvalue weighted by molar-refractivity contribution is -0.119. The SMILES string of the molecule is CSCC(=O)N[C@@H]1CCC[C@@H]1Cc1ccc(F)cc1. The predicted octanol–water partition coefficient (Wildman–Crippen LogP) is 3.02. The average molecular weight is 281 g/mol. The molecule has 2 atom stereocenters. The number of benzene rings is 1. The Kier molecular flexibility index (Phi) is 5.25. The van der Waals surface area contributed by atoms with E-state index in [1.54, 1.807) is 11.8 Å². The number of rotatable bonds is 5. The van der Waals surface area contributed by atoms with Crippen LogP contribution in [0.3, 0.4) is 0 Å². The molecule has 1 aromatic carbocycles. The summed E-state index contributed by atoms with van der Waals surface area (Å²) in [6.07, 6.45) is 6.22. The topological polar surface area (TPSA) is 29.1 Å². The monoisotopic (exact) mass is 281 g/mol. The van der Waals surface area contributed by atoms with E-state index in [4.69, 9.17) is 0 Å². The summed E-state index contributed by atoms with van der Waals surface area (Å²) in [7, 11) is 0. The van der Waals surface area contributed by atoms with Crippen LogP contribution in [-0.4, -0.2) is 24.0 Å². The van der Waals surface area contributed by atoms with Crippen molar-refractivity contribution in [2.45, 2.75) is 31.7 Å². The zero-order valence-electron chi connectivity index (χ0n) is 11.2. The first-order valence-corrected chi connectivity index (χ1v) is 8.11. The Bertz CT molecular complexity index is 421. The van der Waals surface area contributed by atoms with Crippen LogP contribution in [0.2, 0.25) is 0 Å². The summed E-state index contributed by atoms with van der Waals surface area (Å²) < 4.78 is 12.9. The van der Waals surface area contributed by atoms with E-state index in [0.29, 0.717) is 11.7 Å². The van der Waals surface area contributed by atoms with Crippen LogP contribution < -0.4 is 5.32 Å². The summed E-state index contributed by atoms with van der Waals surface area (Å²) in [5.74, 6) is 0.944. The maximum Gasteiger partial charge on any atom is 0.230 e. The summed E-state index contributed by atoms with van der Waals surface area (Å²) in [6.45, 7) is 0. The van der Waals surface area contributed by atoms with Gasteiger partial charge in [0.05, 0.1) is 5.75 Å². The molecular formula is C15H20FNOS. The van der Waals surface area contributed by atoms with E-state index >= 15 is 0 Å². The minimum Gasteiger partial charge on any atom is -0.352 e. The van der Waals surface area contributed by atoms with E-state index in [-0.39, 0.29) is 17.8 Å². The van der Waals surface area contributed by atoms with Gasteiger partial charge in [-0.15, -0.1) is 0 Å². The van der Waals surface area contributed by atoms with Gasteiger partial charge in [0.1, 0.15) is 5.82 Å². The zero-order valence-corrected chi connectivity index (χ0v) is 12.0. The van der Waals surface area contributed by atoms with Crippen molar-refractivity contribution in [1.82, 2.24) is 5.32 Å². The lowest BCUT2D eigenvalue weighted by Gasteiger charge is -2.21. The minimum absolute atomic E-state index is 0.128. The first-order valence-electron chi connectivity index (χ1n) is 6.72. The van der Waals surface area contributed by atoms with Gasteiger partial charge in [-0.25, -0.2) is 4.39 Å². The van der Waals surface area contributed by atoms with E-state index < -0.39 is 0 Å². The molecule has 0 saturated heterocycles. The summed E-state index contributed by atoms with van der Waals surface area (Å²) in [6, 6.07) is 6.98. The van der Waals surface area contributed by atoms with Crippen LogP contribution >= 0.6 is 11.8 Å². The van der Waals surface area contributed by atoms with Crippen molar-refractivity contribution in [2.24, 2.45) is 5.92 Å². The zero-order chi connectivity index (χ0) is 13.7. The van der Waals surface area contributed by atoms with Crippen LogP contribution in [0.25, 0.3) is 0 Å². The van der Waals surface area contributed by atoms with Gasteiger partial charge in [-0.1, -0.05) is 18.6 Å². The Morgan fingerprint density at radius 3 is 2.79 bits per heavy atom. The van der Waals surface area contributed by atoms with Gasteiger partial charge in [-0.2, -0.15) is 11.8 Å². The number of thioether (sulfide) groups is 1. The molecule has 19 heavy (non-hydrogen) atoms. The second-order valence-corrected chi connectivity index (χ2v) is 5.99. The number of carbonyl (C=O) groups is 1. The average Bonchev–Trinajstić information content (AvgIpc) is 2.80. The highest BCUT2D eigenvalue weighted by Crippen LogP contribution is 2.29. The van der Waals surface area contributed by atoms with Crippen LogP contribution in [0.5, 0.6) is 0 Å². The Labute approximate surface area is 118 Å². The molecule has 0 bridgehead atoms. The standard InChI is InChI=1S/C15H20FNOS/c1-19-10-15(18)17-14-4-2-3-12(14)9-11-5-7-13(16)8-6-11/h5-8,12,14H,2-4,9-10H2,1H3,(H,17,18)/t12-,14-/m1/s1. The molecule has 0 unspecified atom stereocenters. The Morgan fingerprint density at radius 2 is 2.11 bits per heavy atom. The van der Waals surface area contributed by atoms with E-state index in [2.05, 4.69) is 5.32 Å². The van der Waals surface area contributed by atoms with Gasteiger partial charge < -0.3 is 5.32 Å². The van der Waals surface area contributed by atoms with Crippen LogP contribution in [0.1, 0.15) is 24.8 Å². The van der Waals surface area contributed by atoms with Crippen LogP contribution in [0.4, 0.5) is 4.39 Å². The van der Waals surface area contributed by atoms with Crippen molar-refractivity contribution in [2.75, 3.05) is 12.0 Å². The molecule has 0 radical (unpaired) electrons. The van der Waals surface area contributed by atoms with E-state index in [1.807, 2.05) is 18.4 Å². The van der Waals surface area contributed by atoms with Gasteiger partial charge >= 0.3 is 0 Å². The second-order valence-electron chi connectivity index (χ2n) is 5.13. The Balaban J connectivity index is 1.91. The first-order chi connectivity index (χ1) is 9.19. The van der Waals surface area contributed by atoms with Gasteiger partial charge in [0.2, 0.25) is 5.91 Å². The molecule has 1 aromatic rings. The Hall–Kier alpha value is -1.03. The fourth-order valence-corrected chi connectivity index (χ4v) is 3.12. The molecule has 1 saturated carbocycles. The number of hydrogen-bond acceptors (Lipinski definition) is 2. The summed E-state index contributed by atoms with van der Waals surface area (Å²) in [5.41, 5.74) is 1.15. The van der Waals surface area contributed by atoms with E-state index in [1.165, 1.54) is 12.1 Å². The van der Waals surface area contributed by atoms with Crippen LogP contribution in [-0.2, 0) is 11.2 Å². The molecule has 1 fully saturated rings. The molecule has 4 heteroatoms. The number of amides is 1. The molecule has 1 aliphatic carbocycles. The normalized spacial score (nSPS) is 22.4. The lowest BCUT2D eigenvalue weighted by atomic mass is 9.94. The third-order valence-corrected chi connectivity index (χ3v) is 4.24. The number of halogens is 1. The molecule has 1 N–H and O–H groups in total. The predicted molar refractivity (Wildman–Crippen MR) is 77.8 cm³/mol. The van der Waals surface area contributed by atoms with Crippen molar-refractivity contribution in [1.29, 1.82) is 0 Å². The van der Waals surface area contributed by atoms with E-state index in [0.717, 1.165) is 31.2 Å². The molecule has 104 valence electrons. The first kappa shape index (κ1) is 14.4. The molecule has 0 aromatic heterocycles. The molecule has 2 rings (SSSR count). The Morgan fingerprint density at radius 1 is 1.37 bits per heavy atom. The molecule has 0 heterocycles. The van der Waals surface area contributed by atoms with Crippen molar-refractivity contribution in [3.63, 3.8) is 0 Å². The van der Waals surface area contributed by atoms with Gasteiger partial charge in [0, 0.05) is 6.04 Å². The van der Waals surface area contributed by atoms with Crippen molar-refractivity contribution in [3.8, 4) is 0 Å². The third kappa shape index (κ3) is 4.23. The van der Waals surface area contributed by atoms with Gasteiger partial charge in [0.25, 0.3) is 0 Å². The van der Waals surface area contributed by atoms with Gasteiger partial charge in [-0.3, -0.25) is 4.79 Å². The highest BCUT2D eigenvalue weighted by molar-refractivity contribution is 7.99. The maximum absolute atomic E-state index is 12.9. The number of carbonyl (C=O) groups excluding carboxylic acids is 1. The highest BCUT2D eigenvalue weighted by Gasteiger charge is 2.28. The molecule has 2 nitrogen and oxygen atoms in total. The largest absolute Gasteiger partial charge is 0.352 e. The number of nitrogens with one attached hydrogen (secondary N) is 1. The van der Waals surface area contributed by atoms with Gasteiger partial charge in [0.15, 0.2) is 0 Å². The summed E-state index contributed by atoms with van der Waals surface area (Å²) >= 11 is 1.55. The van der Waals surface area contributed by atoms with Crippen molar-refractivity contribution in [3.05, 3.63) is 35.6 Å². The van der Waals surface area contributed by atoms with Gasteiger partial charge in [-0.05, 0) is 49.1 Å². The molecular weight excluding hydrogens is 261 g/mol. The summed E-state index contributed by atoms with van der Waals surface area (Å²) in [4.78, 5) is 11.7. The highest BCUT2D eigenvalue weighted by atomic mass is 32.2.